The third-order valence-corrected chi connectivity index (χ3v) is 1.18. The summed E-state index contributed by atoms with van der Waals surface area (Å²) >= 11 is 0. The summed E-state index contributed by atoms with van der Waals surface area (Å²) in [7, 11) is 0. The summed E-state index contributed by atoms with van der Waals surface area (Å²) in [5.41, 5.74) is 0. The van der Waals surface area contributed by atoms with Crippen LogP contribution >= 0.6 is 0 Å². The fraction of sp³-hybridized carbons (Fsp3) is 0.429. The van der Waals surface area contributed by atoms with Crippen LogP contribution in [-0.4, -0.2) is 10.9 Å². The summed E-state index contributed by atoms with van der Waals surface area (Å²) in [6.07, 6.45) is 1.60. The number of nitrogens with one attached hydrogen (secondary N) is 1. The summed E-state index contributed by atoms with van der Waals surface area (Å²) in [6.45, 7) is 3.64. The predicted molar refractivity (Wildman–Crippen MR) is 38.8 cm³/mol. The Morgan fingerprint density at radius 1 is 1.82 bits per heavy atom. The number of amides is 1. The summed E-state index contributed by atoms with van der Waals surface area (Å²) in [5.74, 6) is 1.22. The third kappa shape index (κ3) is 2.41. The average Bonchev–Trinajstić information content (AvgIpc) is 2.31. The number of hydrogen-bond donors (Lipinski definition) is 1. The zero-order valence-electron chi connectivity index (χ0n) is 6.55. The van der Waals surface area contributed by atoms with E-state index in [0.29, 0.717) is 18.2 Å². The van der Waals surface area contributed by atoms with E-state index in [1.165, 1.54) is 6.92 Å². The molecule has 11 heavy (non-hydrogen) atoms. The van der Waals surface area contributed by atoms with Gasteiger partial charge in [0.15, 0.2) is 5.89 Å². The molecule has 0 aromatic carbocycles. The van der Waals surface area contributed by atoms with Crippen molar-refractivity contribution in [3.8, 4) is 0 Å². The third-order valence-electron chi connectivity index (χ3n) is 1.18. The van der Waals surface area contributed by atoms with Gasteiger partial charge in [-0.15, -0.1) is 0 Å². The molecule has 0 atom stereocenters. The average molecular weight is 154 g/mol. The Kier molecular flexibility index (Phi) is 2.25. The lowest BCUT2D eigenvalue weighted by Crippen LogP contribution is -2.18. The minimum absolute atomic E-state index is 0.0703. The molecule has 4 nitrogen and oxygen atoms in total. The van der Waals surface area contributed by atoms with Gasteiger partial charge < -0.3 is 9.73 Å². The molecule has 1 rings (SSSR count). The molecule has 0 saturated heterocycles. The molecule has 1 heterocycles. The molecule has 0 aliphatic rings. The van der Waals surface area contributed by atoms with Gasteiger partial charge >= 0.3 is 0 Å². The standard InChI is InChI=1S/C7H10N2O2/c1-5(10)8-3-7-4-9-6(2)11-7/h4H,3H2,1-2H3,(H,8,10). The van der Waals surface area contributed by atoms with E-state index in [1.54, 1.807) is 13.1 Å². The number of rotatable bonds is 2. The molecule has 0 bridgehead atoms. The zero-order chi connectivity index (χ0) is 8.27. The quantitative estimate of drug-likeness (QED) is 0.679. The molecule has 0 unspecified atom stereocenters. The monoisotopic (exact) mass is 154 g/mol. The summed E-state index contributed by atoms with van der Waals surface area (Å²) in [5, 5.41) is 2.60. The summed E-state index contributed by atoms with van der Waals surface area (Å²) in [6, 6.07) is 0. The van der Waals surface area contributed by atoms with Gasteiger partial charge in [-0.3, -0.25) is 4.79 Å². The van der Waals surface area contributed by atoms with Gasteiger partial charge in [0.25, 0.3) is 0 Å². The van der Waals surface area contributed by atoms with Crippen LogP contribution in [0.15, 0.2) is 10.6 Å². The minimum Gasteiger partial charge on any atom is -0.444 e. The van der Waals surface area contributed by atoms with E-state index in [4.69, 9.17) is 4.42 Å². The number of hydrogen-bond acceptors (Lipinski definition) is 3. The first-order valence-corrected chi connectivity index (χ1v) is 3.34. The Bertz CT molecular complexity index is 255. The van der Waals surface area contributed by atoms with Crippen molar-refractivity contribution in [2.45, 2.75) is 20.4 Å². The molecule has 1 N–H and O–H groups in total. The molecular weight excluding hydrogens is 144 g/mol. The first-order valence-electron chi connectivity index (χ1n) is 3.34. The highest BCUT2D eigenvalue weighted by atomic mass is 16.4. The lowest BCUT2D eigenvalue weighted by Gasteiger charge is -1.95. The van der Waals surface area contributed by atoms with Crippen molar-refractivity contribution in [1.82, 2.24) is 10.3 Å². The van der Waals surface area contributed by atoms with E-state index < -0.39 is 0 Å². The van der Waals surface area contributed by atoms with Crippen molar-refractivity contribution in [2.24, 2.45) is 0 Å². The molecule has 0 aliphatic heterocycles. The minimum atomic E-state index is -0.0703. The van der Waals surface area contributed by atoms with Gasteiger partial charge in [-0.1, -0.05) is 0 Å². The van der Waals surface area contributed by atoms with E-state index in [9.17, 15) is 4.79 Å². The van der Waals surface area contributed by atoms with Crippen molar-refractivity contribution in [1.29, 1.82) is 0 Å². The molecule has 1 amide bonds. The van der Waals surface area contributed by atoms with Crippen LogP contribution in [0.1, 0.15) is 18.6 Å². The second-order valence-corrected chi connectivity index (χ2v) is 2.26. The van der Waals surface area contributed by atoms with Crippen molar-refractivity contribution in [2.75, 3.05) is 0 Å². The molecule has 0 spiro atoms. The fourth-order valence-corrected chi connectivity index (χ4v) is 0.699. The van der Waals surface area contributed by atoms with E-state index in [1.807, 2.05) is 0 Å². The van der Waals surface area contributed by atoms with Crippen LogP contribution in [0, 0.1) is 6.92 Å². The van der Waals surface area contributed by atoms with Crippen molar-refractivity contribution in [3.63, 3.8) is 0 Å². The van der Waals surface area contributed by atoms with Gasteiger partial charge in [0.05, 0.1) is 12.7 Å². The van der Waals surface area contributed by atoms with Crippen molar-refractivity contribution >= 4 is 5.91 Å². The Labute approximate surface area is 64.6 Å². The molecule has 1 aromatic rings. The van der Waals surface area contributed by atoms with Crippen LogP contribution in [0.4, 0.5) is 0 Å². The highest BCUT2D eigenvalue weighted by Gasteiger charge is 1.98. The van der Waals surface area contributed by atoms with Crippen LogP contribution < -0.4 is 5.32 Å². The molecule has 0 aliphatic carbocycles. The van der Waals surface area contributed by atoms with Gasteiger partial charge in [-0.25, -0.2) is 4.98 Å². The van der Waals surface area contributed by atoms with E-state index in [2.05, 4.69) is 10.3 Å². The van der Waals surface area contributed by atoms with Crippen molar-refractivity contribution in [3.05, 3.63) is 17.8 Å². The van der Waals surface area contributed by atoms with Gasteiger partial charge in [0.1, 0.15) is 5.76 Å². The number of nitrogens with zero attached hydrogens (tertiary/aromatic N) is 1. The number of aromatic nitrogens is 1. The Morgan fingerprint density at radius 3 is 3.00 bits per heavy atom. The van der Waals surface area contributed by atoms with Gasteiger partial charge in [0.2, 0.25) is 5.91 Å². The van der Waals surface area contributed by atoms with Gasteiger partial charge in [-0.05, 0) is 0 Å². The normalized spacial score (nSPS) is 9.64. The molecule has 0 radical (unpaired) electrons. The van der Waals surface area contributed by atoms with Crippen LogP contribution in [-0.2, 0) is 11.3 Å². The first kappa shape index (κ1) is 7.78. The molecule has 0 saturated carbocycles. The lowest BCUT2D eigenvalue weighted by molar-refractivity contribution is -0.119. The van der Waals surface area contributed by atoms with Crippen LogP contribution in [0.5, 0.6) is 0 Å². The van der Waals surface area contributed by atoms with Gasteiger partial charge in [0, 0.05) is 13.8 Å². The largest absolute Gasteiger partial charge is 0.444 e. The van der Waals surface area contributed by atoms with Crippen LogP contribution in [0.3, 0.4) is 0 Å². The molecule has 4 heteroatoms. The topological polar surface area (TPSA) is 55.1 Å². The Balaban J connectivity index is 2.45. The maximum atomic E-state index is 10.5. The van der Waals surface area contributed by atoms with E-state index in [-0.39, 0.29) is 5.91 Å². The van der Waals surface area contributed by atoms with Crippen LogP contribution in [0.25, 0.3) is 0 Å². The Morgan fingerprint density at radius 2 is 2.55 bits per heavy atom. The SMILES string of the molecule is CC(=O)NCc1cnc(C)o1. The van der Waals surface area contributed by atoms with Gasteiger partial charge in [-0.2, -0.15) is 0 Å². The second kappa shape index (κ2) is 3.18. The predicted octanol–water partition coefficient (Wildman–Crippen LogP) is 0.619. The summed E-state index contributed by atoms with van der Waals surface area (Å²) < 4.78 is 5.11. The van der Waals surface area contributed by atoms with Crippen molar-refractivity contribution < 1.29 is 9.21 Å². The summed E-state index contributed by atoms with van der Waals surface area (Å²) in [4.78, 5) is 14.3. The molecular formula is C7H10N2O2. The fourth-order valence-electron chi connectivity index (χ4n) is 0.699. The number of carbonyl (C=O) groups is 1. The highest BCUT2D eigenvalue weighted by Crippen LogP contribution is 2.00. The molecule has 0 fully saturated rings. The number of aryl methyl sites for hydroxylation is 1. The first-order chi connectivity index (χ1) is 5.18. The highest BCUT2D eigenvalue weighted by molar-refractivity contribution is 5.72. The molecule has 60 valence electrons. The van der Waals surface area contributed by atoms with Crippen LogP contribution in [0.2, 0.25) is 0 Å². The molecule has 1 aromatic heterocycles. The second-order valence-electron chi connectivity index (χ2n) is 2.26. The van der Waals surface area contributed by atoms with E-state index in [0.717, 1.165) is 0 Å². The maximum Gasteiger partial charge on any atom is 0.217 e. The number of carbonyl (C=O) groups excluding carboxylic acids is 1. The lowest BCUT2D eigenvalue weighted by atomic mass is 10.5. The van der Waals surface area contributed by atoms with E-state index >= 15 is 0 Å². The Hall–Kier alpha value is -1.32. The number of oxazole rings is 1. The smallest absolute Gasteiger partial charge is 0.217 e. The maximum absolute atomic E-state index is 10.5. The zero-order valence-corrected chi connectivity index (χ0v) is 6.55.